The molecule has 0 fully saturated rings. The van der Waals surface area contributed by atoms with Crippen LogP contribution < -0.4 is 0 Å². The van der Waals surface area contributed by atoms with Gasteiger partial charge in [-0.2, -0.15) is 0 Å². The van der Waals surface area contributed by atoms with Crippen LogP contribution >= 0.6 is 0 Å². The van der Waals surface area contributed by atoms with Crippen LogP contribution in [0, 0.1) is 0 Å². The molecule has 0 amide bonds. The van der Waals surface area contributed by atoms with Crippen LogP contribution in [-0.2, 0) is 18.9 Å². The molecule has 0 aromatic heterocycles. The van der Waals surface area contributed by atoms with E-state index in [1.165, 1.54) is 0 Å². The smallest absolute Gasteiger partial charge is 0.156 e. The van der Waals surface area contributed by atoms with E-state index in [2.05, 4.69) is 0 Å². The first-order chi connectivity index (χ1) is 6.78. The van der Waals surface area contributed by atoms with Gasteiger partial charge in [-0.15, -0.1) is 0 Å². The van der Waals surface area contributed by atoms with Gasteiger partial charge in [-0.25, -0.2) is 0 Å². The molecule has 0 aromatic rings. The fourth-order valence-corrected chi connectivity index (χ4v) is 1.30. The van der Waals surface area contributed by atoms with Crippen LogP contribution in [0.5, 0.6) is 0 Å². The van der Waals surface area contributed by atoms with E-state index < -0.39 is 0 Å². The molecule has 0 heterocycles. The molecule has 0 bridgehead atoms. The van der Waals surface area contributed by atoms with Crippen LogP contribution in [0.3, 0.4) is 0 Å². The third-order valence-electron chi connectivity index (χ3n) is 2.18. The van der Waals surface area contributed by atoms with Crippen molar-refractivity contribution in [1.29, 1.82) is 0 Å². The van der Waals surface area contributed by atoms with Crippen molar-refractivity contribution in [3.63, 3.8) is 0 Å². The lowest BCUT2D eigenvalue weighted by molar-refractivity contribution is -0.108. The van der Waals surface area contributed by atoms with E-state index in [9.17, 15) is 0 Å². The summed E-state index contributed by atoms with van der Waals surface area (Å²) in [6.45, 7) is 0.640. The SMILES string of the molecule is COCC(CCCC(OC)OC)OC. The van der Waals surface area contributed by atoms with Crippen LogP contribution in [-0.4, -0.2) is 47.4 Å². The third-order valence-corrected chi connectivity index (χ3v) is 2.18. The number of hydrogen-bond acceptors (Lipinski definition) is 4. The Bertz CT molecular complexity index is 115. The summed E-state index contributed by atoms with van der Waals surface area (Å²) in [7, 11) is 6.68. The molecule has 0 aromatic carbocycles. The zero-order valence-corrected chi connectivity index (χ0v) is 9.62. The van der Waals surface area contributed by atoms with E-state index in [-0.39, 0.29) is 12.4 Å². The monoisotopic (exact) mass is 206 g/mol. The van der Waals surface area contributed by atoms with E-state index >= 15 is 0 Å². The molecule has 0 aliphatic carbocycles. The highest BCUT2D eigenvalue weighted by Gasteiger charge is 2.09. The average Bonchev–Trinajstić information content (AvgIpc) is 2.23. The predicted molar refractivity (Wildman–Crippen MR) is 54.3 cm³/mol. The van der Waals surface area contributed by atoms with Crippen molar-refractivity contribution in [2.75, 3.05) is 35.0 Å². The summed E-state index contributed by atoms with van der Waals surface area (Å²) >= 11 is 0. The lowest BCUT2D eigenvalue weighted by atomic mass is 10.1. The van der Waals surface area contributed by atoms with E-state index in [4.69, 9.17) is 18.9 Å². The quantitative estimate of drug-likeness (QED) is 0.535. The second kappa shape index (κ2) is 9.40. The summed E-state index contributed by atoms with van der Waals surface area (Å²) in [6, 6.07) is 0. The molecular formula is C10H22O4. The molecule has 1 atom stereocenters. The van der Waals surface area contributed by atoms with Crippen molar-refractivity contribution in [1.82, 2.24) is 0 Å². The van der Waals surface area contributed by atoms with Crippen LogP contribution in [0.1, 0.15) is 19.3 Å². The van der Waals surface area contributed by atoms with Crippen LogP contribution in [0.2, 0.25) is 0 Å². The van der Waals surface area contributed by atoms with Gasteiger partial charge in [0.2, 0.25) is 0 Å². The molecule has 4 nitrogen and oxygen atoms in total. The second-order valence-corrected chi connectivity index (χ2v) is 3.14. The van der Waals surface area contributed by atoms with Crippen LogP contribution in [0.4, 0.5) is 0 Å². The van der Waals surface area contributed by atoms with E-state index in [1.807, 2.05) is 0 Å². The maximum absolute atomic E-state index is 5.23. The summed E-state index contributed by atoms with van der Waals surface area (Å²) in [5.74, 6) is 0. The highest BCUT2D eigenvalue weighted by molar-refractivity contribution is 4.57. The first kappa shape index (κ1) is 13.8. The maximum Gasteiger partial charge on any atom is 0.156 e. The van der Waals surface area contributed by atoms with Crippen molar-refractivity contribution >= 4 is 0 Å². The Balaban J connectivity index is 3.48. The molecule has 0 radical (unpaired) electrons. The lowest BCUT2D eigenvalue weighted by Gasteiger charge is -2.16. The van der Waals surface area contributed by atoms with E-state index in [1.54, 1.807) is 28.4 Å². The Morgan fingerprint density at radius 3 is 1.93 bits per heavy atom. The fraction of sp³-hybridized carbons (Fsp3) is 1.00. The molecule has 86 valence electrons. The molecule has 4 heteroatoms. The van der Waals surface area contributed by atoms with Gasteiger partial charge in [0.05, 0.1) is 12.7 Å². The number of hydrogen-bond donors (Lipinski definition) is 0. The standard InChI is InChI=1S/C10H22O4/c1-11-8-9(12-2)6-5-7-10(13-3)14-4/h9-10H,5-8H2,1-4H3. The Kier molecular flexibility index (Phi) is 9.29. The van der Waals surface area contributed by atoms with E-state index in [0.717, 1.165) is 19.3 Å². The summed E-state index contributed by atoms with van der Waals surface area (Å²) in [5.41, 5.74) is 0. The normalized spacial score (nSPS) is 13.5. The summed E-state index contributed by atoms with van der Waals surface area (Å²) < 4.78 is 20.4. The molecule has 0 rings (SSSR count). The van der Waals surface area contributed by atoms with Gasteiger partial charge in [0, 0.05) is 28.4 Å². The van der Waals surface area contributed by atoms with Gasteiger partial charge in [0.15, 0.2) is 6.29 Å². The molecule has 0 spiro atoms. The predicted octanol–water partition coefficient (Wildman–Crippen LogP) is 1.44. The molecule has 0 N–H and O–H groups in total. The van der Waals surface area contributed by atoms with Gasteiger partial charge < -0.3 is 18.9 Å². The van der Waals surface area contributed by atoms with Crippen molar-refractivity contribution < 1.29 is 18.9 Å². The van der Waals surface area contributed by atoms with Crippen molar-refractivity contribution in [2.24, 2.45) is 0 Å². The Morgan fingerprint density at radius 1 is 0.857 bits per heavy atom. The summed E-state index contributed by atoms with van der Waals surface area (Å²) in [4.78, 5) is 0. The molecule has 0 aliphatic rings. The first-order valence-corrected chi connectivity index (χ1v) is 4.85. The first-order valence-electron chi connectivity index (χ1n) is 4.85. The lowest BCUT2D eigenvalue weighted by Crippen LogP contribution is -2.19. The third kappa shape index (κ3) is 6.32. The molecule has 0 aliphatic heterocycles. The highest BCUT2D eigenvalue weighted by Crippen LogP contribution is 2.09. The second-order valence-electron chi connectivity index (χ2n) is 3.14. The van der Waals surface area contributed by atoms with Crippen LogP contribution in [0.25, 0.3) is 0 Å². The number of rotatable bonds is 9. The zero-order valence-electron chi connectivity index (χ0n) is 9.62. The number of methoxy groups -OCH3 is 4. The Morgan fingerprint density at radius 2 is 1.50 bits per heavy atom. The minimum absolute atomic E-state index is 0.102. The van der Waals surface area contributed by atoms with Crippen LogP contribution in [0.15, 0.2) is 0 Å². The Labute approximate surface area is 86.5 Å². The summed E-state index contributed by atoms with van der Waals surface area (Å²) in [5, 5.41) is 0. The average molecular weight is 206 g/mol. The minimum Gasteiger partial charge on any atom is -0.382 e. The fourth-order valence-electron chi connectivity index (χ4n) is 1.30. The molecule has 14 heavy (non-hydrogen) atoms. The molecular weight excluding hydrogens is 184 g/mol. The maximum atomic E-state index is 5.23. The van der Waals surface area contributed by atoms with Gasteiger partial charge >= 0.3 is 0 Å². The topological polar surface area (TPSA) is 36.9 Å². The summed E-state index contributed by atoms with van der Waals surface area (Å²) in [6.07, 6.45) is 2.93. The zero-order chi connectivity index (χ0) is 10.8. The van der Waals surface area contributed by atoms with Crippen molar-refractivity contribution in [3.05, 3.63) is 0 Å². The molecule has 0 saturated carbocycles. The van der Waals surface area contributed by atoms with Gasteiger partial charge in [-0.3, -0.25) is 0 Å². The Hall–Kier alpha value is -0.160. The molecule has 1 unspecified atom stereocenters. The van der Waals surface area contributed by atoms with Gasteiger partial charge in [-0.1, -0.05) is 0 Å². The van der Waals surface area contributed by atoms with Gasteiger partial charge in [0.25, 0.3) is 0 Å². The van der Waals surface area contributed by atoms with E-state index in [0.29, 0.717) is 6.61 Å². The number of ether oxygens (including phenoxy) is 4. The van der Waals surface area contributed by atoms with Crippen molar-refractivity contribution in [3.8, 4) is 0 Å². The van der Waals surface area contributed by atoms with Gasteiger partial charge in [0.1, 0.15) is 0 Å². The molecule has 0 saturated heterocycles. The van der Waals surface area contributed by atoms with Crippen molar-refractivity contribution in [2.45, 2.75) is 31.7 Å². The van der Waals surface area contributed by atoms with Gasteiger partial charge in [-0.05, 0) is 19.3 Å². The minimum atomic E-state index is -0.102. The largest absolute Gasteiger partial charge is 0.382 e. The highest BCUT2D eigenvalue weighted by atomic mass is 16.7.